The van der Waals surface area contributed by atoms with E-state index in [1.54, 1.807) is 14.2 Å². The Morgan fingerprint density at radius 1 is 1.13 bits per heavy atom. The molecule has 0 bridgehead atoms. The van der Waals surface area contributed by atoms with Crippen molar-refractivity contribution in [3.05, 3.63) is 29.1 Å². The molecule has 2 aromatic heterocycles. The molecule has 0 aliphatic heterocycles. The van der Waals surface area contributed by atoms with Crippen LogP contribution in [0.2, 0.25) is 0 Å². The number of nitrogens with zero attached hydrogens (tertiary/aromatic N) is 3. The predicted molar refractivity (Wildman–Crippen MR) is 155 cm³/mol. The molecular formula is C26H36N6O4S2. The third-order valence-electron chi connectivity index (χ3n) is 5.46. The van der Waals surface area contributed by atoms with Crippen LogP contribution in [0.3, 0.4) is 0 Å². The van der Waals surface area contributed by atoms with E-state index < -0.39 is 5.54 Å². The molecule has 0 saturated heterocycles. The van der Waals surface area contributed by atoms with Crippen LogP contribution in [0.5, 0.6) is 0 Å². The van der Waals surface area contributed by atoms with Gasteiger partial charge >= 0.3 is 0 Å². The van der Waals surface area contributed by atoms with E-state index in [1.807, 2.05) is 56.2 Å². The number of rotatable bonds is 12. The Kier molecular flexibility index (Phi) is 10.5. The first-order valence-corrected chi connectivity index (χ1v) is 14.2. The van der Waals surface area contributed by atoms with E-state index in [2.05, 4.69) is 15.6 Å². The van der Waals surface area contributed by atoms with E-state index in [0.29, 0.717) is 63.6 Å². The second-order valence-corrected chi connectivity index (χ2v) is 11.5. The zero-order chi connectivity index (χ0) is 27.9. The molecule has 0 spiro atoms. The second kappa shape index (κ2) is 13.3. The number of fused-ring (bicyclic) bond motifs is 1. The maximum absolute atomic E-state index is 12.9. The Labute approximate surface area is 231 Å². The van der Waals surface area contributed by atoms with Crippen LogP contribution in [0, 0.1) is 0 Å². The van der Waals surface area contributed by atoms with Gasteiger partial charge in [0.05, 0.1) is 36.5 Å². The molecule has 0 aliphatic rings. The molecule has 0 radical (unpaired) electrons. The topological polar surface area (TPSA) is 132 Å². The van der Waals surface area contributed by atoms with Crippen molar-refractivity contribution in [2.75, 3.05) is 64.4 Å². The SMILES string of the molecule is COCCN(CCOC)CC(=O)Nc1cccc(-c2nc(SC)nc3sc(C(=O)NC(C)(C)C)c(N)c23)c1. The van der Waals surface area contributed by atoms with Crippen LogP contribution in [0.1, 0.15) is 30.4 Å². The smallest absolute Gasteiger partial charge is 0.263 e. The molecule has 3 aromatic rings. The highest BCUT2D eigenvalue weighted by Crippen LogP contribution is 2.40. The highest BCUT2D eigenvalue weighted by Gasteiger charge is 2.24. The first-order valence-electron chi connectivity index (χ1n) is 12.1. The number of amides is 2. The number of anilines is 2. The molecule has 0 fully saturated rings. The molecule has 2 amide bonds. The molecule has 38 heavy (non-hydrogen) atoms. The lowest BCUT2D eigenvalue weighted by atomic mass is 10.1. The zero-order valence-corrected chi connectivity index (χ0v) is 24.3. The number of aromatic nitrogens is 2. The summed E-state index contributed by atoms with van der Waals surface area (Å²) in [5.74, 6) is -0.398. The van der Waals surface area contributed by atoms with Gasteiger partial charge in [0.25, 0.3) is 5.91 Å². The average Bonchev–Trinajstić information content (AvgIpc) is 3.20. The second-order valence-electron chi connectivity index (χ2n) is 9.68. The van der Waals surface area contributed by atoms with E-state index in [9.17, 15) is 9.59 Å². The fourth-order valence-corrected chi connectivity index (χ4v) is 5.14. The van der Waals surface area contributed by atoms with Crippen LogP contribution in [-0.4, -0.2) is 85.5 Å². The third kappa shape index (κ3) is 7.87. The lowest BCUT2D eigenvalue weighted by Gasteiger charge is -2.21. The van der Waals surface area contributed by atoms with Crippen molar-refractivity contribution in [1.29, 1.82) is 0 Å². The number of carbonyl (C=O) groups excluding carboxylic acids is 2. The molecule has 0 saturated carbocycles. The summed E-state index contributed by atoms with van der Waals surface area (Å²) in [5.41, 5.74) is 8.44. The Balaban J connectivity index is 1.92. The Morgan fingerprint density at radius 2 is 1.82 bits per heavy atom. The molecule has 0 atom stereocenters. The fraction of sp³-hybridized carbons (Fsp3) is 0.462. The van der Waals surface area contributed by atoms with Gasteiger partial charge in [0, 0.05) is 44.1 Å². The van der Waals surface area contributed by atoms with Crippen LogP contribution in [0.15, 0.2) is 29.4 Å². The number of nitrogens with two attached hydrogens (primary N) is 1. The number of benzene rings is 1. The molecule has 12 heteroatoms. The molecule has 2 heterocycles. The van der Waals surface area contributed by atoms with Crippen molar-refractivity contribution in [2.45, 2.75) is 31.5 Å². The van der Waals surface area contributed by atoms with Gasteiger partial charge in [-0.15, -0.1) is 11.3 Å². The number of nitrogen functional groups attached to an aromatic ring is 1. The summed E-state index contributed by atoms with van der Waals surface area (Å²) in [6, 6.07) is 7.42. The van der Waals surface area contributed by atoms with Crippen LogP contribution in [0.4, 0.5) is 11.4 Å². The summed E-state index contributed by atoms with van der Waals surface area (Å²) in [7, 11) is 3.26. The first kappa shape index (κ1) is 29.8. The number of carbonyl (C=O) groups is 2. The molecule has 0 unspecified atom stereocenters. The van der Waals surface area contributed by atoms with Gasteiger partial charge < -0.3 is 25.8 Å². The number of ether oxygens (including phenoxy) is 2. The van der Waals surface area contributed by atoms with Gasteiger partial charge in [0.2, 0.25) is 5.91 Å². The maximum atomic E-state index is 12.9. The summed E-state index contributed by atoms with van der Waals surface area (Å²) in [6.45, 7) is 8.23. The number of thiophene rings is 1. The zero-order valence-electron chi connectivity index (χ0n) is 22.7. The van der Waals surface area contributed by atoms with E-state index in [-0.39, 0.29) is 18.4 Å². The summed E-state index contributed by atoms with van der Waals surface area (Å²) in [6.07, 6.45) is 1.89. The number of hydrogen-bond acceptors (Lipinski definition) is 10. The van der Waals surface area contributed by atoms with Crippen molar-refractivity contribution in [1.82, 2.24) is 20.2 Å². The van der Waals surface area contributed by atoms with Crippen LogP contribution >= 0.6 is 23.1 Å². The standard InChI is InChI=1S/C26H36N6O4S2/c1-26(2,3)31-23(34)22-20(27)19-21(29-25(37-6)30-24(19)38-22)16-8-7-9-17(14-16)28-18(33)15-32(10-12-35-4)11-13-36-5/h7-9,14H,10-13,15,27H2,1-6H3,(H,28,33)(H,31,34). The minimum absolute atomic E-state index is 0.150. The highest BCUT2D eigenvalue weighted by molar-refractivity contribution is 7.98. The Morgan fingerprint density at radius 3 is 2.42 bits per heavy atom. The number of thioether (sulfide) groups is 1. The maximum Gasteiger partial charge on any atom is 0.263 e. The molecule has 1 aromatic carbocycles. The lowest BCUT2D eigenvalue weighted by molar-refractivity contribution is -0.117. The van der Waals surface area contributed by atoms with Crippen molar-refractivity contribution >= 4 is 56.5 Å². The number of hydrogen-bond donors (Lipinski definition) is 3. The Bertz CT molecular complexity index is 1270. The molecule has 3 rings (SSSR count). The van der Waals surface area contributed by atoms with Gasteiger partial charge in [-0.3, -0.25) is 14.5 Å². The quantitative estimate of drug-likeness (QED) is 0.224. The van der Waals surface area contributed by atoms with Crippen molar-refractivity contribution in [3.8, 4) is 11.3 Å². The van der Waals surface area contributed by atoms with E-state index >= 15 is 0 Å². The molecule has 4 N–H and O–H groups in total. The van der Waals surface area contributed by atoms with Crippen LogP contribution in [-0.2, 0) is 14.3 Å². The average molecular weight is 561 g/mol. The van der Waals surface area contributed by atoms with Crippen molar-refractivity contribution in [2.24, 2.45) is 0 Å². The number of nitrogens with one attached hydrogen (secondary N) is 2. The van der Waals surface area contributed by atoms with Gasteiger partial charge in [-0.2, -0.15) is 0 Å². The highest BCUT2D eigenvalue weighted by atomic mass is 32.2. The van der Waals surface area contributed by atoms with Gasteiger partial charge in [-0.1, -0.05) is 23.9 Å². The molecule has 10 nitrogen and oxygen atoms in total. The largest absolute Gasteiger partial charge is 0.397 e. The predicted octanol–water partition coefficient (Wildman–Crippen LogP) is 3.72. The molecular weight excluding hydrogens is 524 g/mol. The monoisotopic (exact) mass is 560 g/mol. The van der Waals surface area contributed by atoms with E-state index in [4.69, 9.17) is 20.2 Å². The van der Waals surface area contributed by atoms with Crippen molar-refractivity contribution < 1.29 is 19.1 Å². The number of methoxy groups -OCH3 is 2. The van der Waals surface area contributed by atoms with Crippen LogP contribution in [0.25, 0.3) is 21.5 Å². The minimum Gasteiger partial charge on any atom is -0.397 e. The van der Waals surface area contributed by atoms with Gasteiger partial charge in [-0.05, 0) is 39.2 Å². The molecule has 0 aliphatic carbocycles. The van der Waals surface area contributed by atoms with Gasteiger partial charge in [0.15, 0.2) is 5.16 Å². The summed E-state index contributed by atoms with van der Waals surface area (Å²) in [4.78, 5) is 38.1. The Hall–Kier alpha value is -2.77. The van der Waals surface area contributed by atoms with E-state index in [0.717, 1.165) is 5.56 Å². The molecule has 206 valence electrons. The van der Waals surface area contributed by atoms with Gasteiger partial charge in [-0.25, -0.2) is 9.97 Å². The fourth-order valence-electron chi connectivity index (χ4n) is 3.73. The first-order chi connectivity index (χ1) is 18.1. The van der Waals surface area contributed by atoms with Crippen molar-refractivity contribution in [3.63, 3.8) is 0 Å². The summed E-state index contributed by atoms with van der Waals surface area (Å²) in [5, 5.41) is 7.13. The van der Waals surface area contributed by atoms with Gasteiger partial charge in [0.1, 0.15) is 9.71 Å². The summed E-state index contributed by atoms with van der Waals surface area (Å²) < 4.78 is 10.3. The van der Waals surface area contributed by atoms with E-state index in [1.165, 1.54) is 23.1 Å². The van der Waals surface area contributed by atoms with Crippen LogP contribution < -0.4 is 16.4 Å². The lowest BCUT2D eigenvalue weighted by Crippen LogP contribution is -2.40. The third-order valence-corrected chi connectivity index (χ3v) is 7.10. The normalized spacial score (nSPS) is 11.8. The minimum atomic E-state index is -0.409. The summed E-state index contributed by atoms with van der Waals surface area (Å²) >= 11 is 2.66.